The molecule has 0 aliphatic heterocycles. The first-order chi connectivity index (χ1) is 11.1. The number of nitrogens with zero attached hydrogens (tertiary/aromatic N) is 3. The molecule has 0 saturated heterocycles. The van der Waals surface area contributed by atoms with Gasteiger partial charge in [-0.15, -0.1) is 0 Å². The Hall–Kier alpha value is -2.89. The lowest BCUT2D eigenvalue weighted by molar-refractivity contribution is 0.0600. The van der Waals surface area contributed by atoms with E-state index in [0.29, 0.717) is 17.9 Å². The van der Waals surface area contributed by atoms with Crippen LogP contribution in [-0.4, -0.2) is 27.4 Å². The lowest BCUT2D eigenvalue weighted by atomic mass is 10.0. The molecular weight excluding hydrogens is 292 g/mol. The largest absolute Gasteiger partial charge is 0.465 e. The van der Waals surface area contributed by atoms with E-state index in [0.717, 1.165) is 22.5 Å². The number of carbonyl (C=O) groups is 1. The third-order valence-electron chi connectivity index (χ3n) is 3.91. The maximum Gasteiger partial charge on any atom is 0.338 e. The van der Waals surface area contributed by atoms with Gasteiger partial charge in [0.25, 0.3) is 0 Å². The van der Waals surface area contributed by atoms with Crippen molar-refractivity contribution in [3.05, 3.63) is 59.2 Å². The molecule has 0 bridgehead atoms. The van der Waals surface area contributed by atoms with Crippen molar-refractivity contribution in [1.82, 2.24) is 14.4 Å². The summed E-state index contributed by atoms with van der Waals surface area (Å²) in [7, 11) is 1.39. The fraction of sp³-hybridized carbons (Fsp3) is 0.235. The molecule has 6 heteroatoms. The number of methoxy groups -OCH3 is 1. The van der Waals surface area contributed by atoms with E-state index >= 15 is 0 Å². The molecule has 0 atom stereocenters. The minimum atomic E-state index is -0.326. The van der Waals surface area contributed by atoms with Crippen molar-refractivity contribution in [2.45, 2.75) is 20.4 Å². The molecule has 0 unspecified atom stereocenters. The van der Waals surface area contributed by atoms with Crippen LogP contribution in [0.3, 0.4) is 0 Å². The molecule has 1 N–H and O–H groups in total. The van der Waals surface area contributed by atoms with Crippen molar-refractivity contribution >= 4 is 17.4 Å². The number of fused-ring (bicyclic) bond motifs is 1. The molecule has 1 aromatic carbocycles. The molecule has 0 fully saturated rings. The summed E-state index contributed by atoms with van der Waals surface area (Å²) in [6.07, 6.45) is 5.43. The Morgan fingerprint density at radius 2 is 2.13 bits per heavy atom. The molecule has 0 saturated carbocycles. The van der Waals surface area contributed by atoms with Gasteiger partial charge in [0.2, 0.25) is 5.78 Å². The normalized spacial score (nSPS) is 10.7. The van der Waals surface area contributed by atoms with Gasteiger partial charge in [0.1, 0.15) is 0 Å². The molecule has 23 heavy (non-hydrogen) atoms. The first-order valence-electron chi connectivity index (χ1n) is 7.30. The van der Waals surface area contributed by atoms with Crippen molar-refractivity contribution < 1.29 is 9.53 Å². The van der Waals surface area contributed by atoms with E-state index in [9.17, 15) is 4.79 Å². The number of rotatable bonds is 4. The Balaban J connectivity index is 1.86. The number of aryl methyl sites for hydroxylation is 1. The van der Waals surface area contributed by atoms with Crippen LogP contribution in [-0.2, 0) is 11.3 Å². The average molecular weight is 310 g/mol. The van der Waals surface area contributed by atoms with Crippen LogP contribution < -0.4 is 5.32 Å². The van der Waals surface area contributed by atoms with Crippen LogP contribution in [0, 0.1) is 13.8 Å². The average Bonchev–Trinajstić information content (AvgIpc) is 2.98. The van der Waals surface area contributed by atoms with Crippen LogP contribution in [0.25, 0.3) is 5.78 Å². The summed E-state index contributed by atoms with van der Waals surface area (Å²) < 4.78 is 6.77. The van der Waals surface area contributed by atoms with Gasteiger partial charge in [0, 0.05) is 18.1 Å². The Bertz CT molecular complexity index is 870. The summed E-state index contributed by atoms with van der Waals surface area (Å²) in [4.78, 5) is 20.3. The second-order valence-electron chi connectivity index (χ2n) is 5.35. The van der Waals surface area contributed by atoms with Crippen LogP contribution in [0.2, 0.25) is 0 Å². The van der Waals surface area contributed by atoms with Crippen molar-refractivity contribution in [1.29, 1.82) is 0 Å². The zero-order chi connectivity index (χ0) is 16.4. The number of ether oxygens (including phenoxy) is 1. The number of hydrogen-bond donors (Lipinski definition) is 1. The van der Waals surface area contributed by atoms with Gasteiger partial charge in [-0.2, -0.15) is 0 Å². The van der Waals surface area contributed by atoms with E-state index in [2.05, 4.69) is 15.3 Å². The van der Waals surface area contributed by atoms with Crippen LogP contribution in [0.1, 0.15) is 27.2 Å². The number of esters is 1. The SMILES string of the molecule is COC(=O)c1cc(NCc2cnc3ncccn23)cc(C)c1C. The first-order valence-corrected chi connectivity index (χ1v) is 7.30. The van der Waals surface area contributed by atoms with Gasteiger partial charge in [-0.1, -0.05) is 0 Å². The van der Waals surface area contributed by atoms with Gasteiger partial charge >= 0.3 is 5.97 Å². The summed E-state index contributed by atoms with van der Waals surface area (Å²) in [6, 6.07) is 5.70. The summed E-state index contributed by atoms with van der Waals surface area (Å²) in [5, 5.41) is 3.33. The summed E-state index contributed by atoms with van der Waals surface area (Å²) in [5.74, 6) is 0.341. The Morgan fingerprint density at radius 1 is 1.30 bits per heavy atom. The van der Waals surface area contributed by atoms with Crippen molar-refractivity contribution in [3.63, 3.8) is 0 Å². The molecular formula is C17H18N4O2. The van der Waals surface area contributed by atoms with Crippen LogP contribution in [0.4, 0.5) is 5.69 Å². The highest BCUT2D eigenvalue weighted by Gasteiger charge is 2.13. The summed E-state index contributed by atoms with van der Waals surface area (Å²) >= 11 is 0. The number of benzene rings is 1. The Kier molecular flexibility index (Phi) is 3.97. The maximum atomic E-state index is 11.9. The topological polar surface area (TPSA) is 68.5 Å². The van der Waals surface area contributed by atoms with Gasteiger partial charge in [0.15, 0.2) is 0 Å². The highest BCUT2D eigenvalue weighted by molar-refractivity contribution is 5.92. The molecule has 118 valence electrons. The van der Waals surface area contributed by atoms with Crippen molar-refractivity contribution in [3.8, 4) is 0 Å². The number of imidazole rings is 1. The Morgan fingerprint density at radius 3 is 2.91 bits per heavy atom. The highest BCUT2D eigenvalue weighted by Crippen LogP contribution is 2.21. The molecule has 0 radical (unpaired) electrons. The first kappa shape index (κ1) is 15.0. The molecule has 0 spiro atoms. The molecule has 6 nitrogen and oxygen atoms in total. The molecule has 0 amide bonds. The second kappa shape index (κ2) is 6.08. The van der Waals surface area contributed by atoms with E-state index < -0.39 is 0 Å². The van der Waals surface area contributed by atoms with Gasteiger partial charge in [-0.3, -0.25) is 4.40 Å². The smallest absolute Gasteiger partial charge is 0.338 e. The lowest BCUT2D eigenvalue weighted by Gasteiger charge is -2.12. The summed E-state index contributed by atoms with van der Waals surface area (Å²) in [5.41, 5.74) is 4.41. The zero-order valence-corrected chi connectivity index (χ0v) is 13.3. The van der Waals surface area contributed by atoms with Gasteiger partial charge < -0.3 is 10.1 Å². The predicted molar refractivity (Wildman–Crippen MR) is 87.6 cm³/mol. The minimum Gasteiger partial charge on any atom is -0.465 e. The molecule has 2 aromatic heterocycles. The van der Waals surface area contributed by atoms with Gasteiger partial charge in [-0.05, 0) is 43.2 Å². The highest BCUT2D eigenvalue weighted by atomic mass is 16.5. The standard InChI is InChI=1S/C17H18N4O2/c1-11-7-13(8-15(12(11)2)16(22)23-3)19-9-14-10-20-17-18-5-4-6-21(14)17/h4-8,10,19H,9H2,1-3H3. The second-order valence-corrected chi connectivity index (χ2v) is 5.35. The third kappa shape index (κ3) is 2.88. The quantitative estimate of drug-likeness (QED) is 0.750. The van der Waals surface area contributed by atoms with E-state index in [1.165, 1.54) is 7.11 Å². The molecule has 3 rings (SSSR count). The van der Waals surface area contributed by atoms with Crippen LogP contribution >= 0.6 is 0 Å². The Labute approximate surface area is 134 Å². The molecule has 0 aliphatic carbocycles. The summed E-state index contributed by atoms with van der Waals surface area (Å²) in [6.45, 7) is 4.47. The van der Waals surface area contributed by atoms with Gasteiger partial charge in [-0.25, -0.2) is 14.8 Å². The number of anilines is 1. The molecule has 3 aromatic rings. The minimum absolute atomic E-state index is 0.326. The molecule has 2 heterocycles. The van der Waals surface area contributed by atoms with E-state index in [4.69, 9.17) is 4.74 Å². The predicted octanol–water partition coefficient (Wildman–Crippen LogP) is 2.74. The maximum absolute atomic E-state index is 11.9. The van der Waals surface area contributed by atoms with E-state index in [1.807, 2.05) is 42.6 Å². The monoisotopic (exact) mass is 310 g/mol. The number of nitrogens with one attached hydrogen (secondary N) is 1. The van der Waals surface area contributed by atoms with Crippen LogP contribution in [0.5, 0.6) is 0 Å². The fourth-order valence-electron chi connectivity index (χ4n) is 2.48. The van der Waals surface area contributed by atoms with Crippen LogP contribution in [0.15, 0.2) is 36.8 Å². The zero-order valence-electron chi connectivity index (χ0n) is 13.3. The number of carbonyl (C=O) groups excluding carboxylic acids is 1. The van der Waals surface area contributed by atoms with Crippen molar-refractivity contribution in [2.24, 2.45) is 0 Å². The third-order valence-corrected chi connectivity index (χ3v) is 3.91. The lowest BCUT2D eigenvalue weighted by Crippen LogP contribution is -2.08. The number of hydrogen-bond acceptors (Lipinski definition) is 5. The number of aromatic nitrogens is 3. The van der Waals surface area contributed by atoms with Gasteiger partial charge in [0.05, 0.1) is 31.1 Å². The van der Waals surface area contributed by atoms with Crippen molar-refractivity contribution in [2.75, 3.05) is 12.4 Å². The molecule has 0 aliphatic rings. The van der Waals surface area contributed by atoms with E-state index in [-0.39, 0.29) is 5.97 Å². The van der Waals surface area contributed by atoms with E-state index in [1.54, 1.807) is 12.4 Å². The fourth-order valence-corrected chi connectivity index (χ4v) is 2.48.